The predicted molar refractivity (Wildman–Crippen MR) is 117 cm³/mol. The van der Waals surface area contributed by atoms with Gasteiger partial charge in [0.2, 0.25) is 0 Å². The van der Waals surface area contributed by atoms with Crippen molar-refractivity contribution in [1.29, 1.82) is 0 Å². The first-order valence-electron chi connectivity index (χ1n) is 10.3. The summed E-state index contributed by atoms with van der Waals surface area (Å²) in [4.78, 5) is 13.4. The van der Waals surface area contributed by atoms with Crippen molar-refractivity contribution in [2.75, 3.05) is 0 Å². The summed E-state index contributed by atoms with van der Waals surface area (Å²) in [5.41, 5.74) is 3.14. The molecule has 0 fully saturated rings. The Bertz CT molecular complexity index is 1370. The topological polar surface area (TPSA) is 52.7 Å². The van der Waals surface area contributed by atoms with Crippen LogP contribution in [0.15, 0.2) is 53.5 Å². The second kappa shape index (κ2) is 7.93. The summed E-state index contributed by atoms with van der Waals surface area (Å²) in [7, 11) is 0. The minimum atomic E-state index is -4.45. The third-order valence-corrected chi connectivity index (χ3v) is 5.58. The number of hydrogen-bond acceptors (Lipinski definition) is 3. The zero-order valence-corrected chi connectivity index (χ0v) is 18.2. The van der Waals surface area contributed by atoms with Gasteiger partial charge in [-0.2, -0.15) is 23.4 Å². The number of nitrogens with zero attached hydrogens (tertiary/aromatic N) is 4. The van der Waals surface area contributed by atoms with Gasteiger partial charge >= 0.3 is 6.18 Å². The molecule has 8 heteroatoms. The second-order valence-corrected chi connectivity index (χ2v) is 8.29. The number of rotatable bonds is 4. The molecule has 0 atom stereocenters. The molecule has 4 aromatic rings. The summed E-state index contributed by atoms with van der Waals surface area (Å²) in [6.45, 7) is 7.82. The van der Waals surface area contributed by atoms with Gasteiger partial charge < -0.3 is 0 Å². The molecule has 2 heterocycles. The fraction of sp³-hybridized carbons (Fsp3) is 0.292. The molecular formula is C24H23F3N4O. The number of aryl methyl sites for hydroxylation is 2. The lowest BCUT2D eigenvalue weighted by atomic mass is 10.1. The van der Waals surface area contributed by atoms with Gasteiger partial charge in [0, 0.05) is 5.39 Å². The highest BCUT2D eigenvalue weighted by Gasteiger charge is 2.30. The lowest BCUT2D eigenvalue weighted by molar-refractivity contribution is -0.137. The summed E-state index contributed by atoms with van der Waals surface area (Å²) < 4.78 is 42.2. The fourth-order valence-corrected chi connectivity index (χ4v) is 3.70. The van der Waals surface area contributed by atoms with E-state index in [2.05, 4.69) is 10.2 Å². The van der Waals surface area contributed by atoms with Crippen LogP contribution in [0.2, 0.25) is 0 Å². The van der Waals surface area contributed by atoms with Crippen molar-refractivity contribution in [3.63, 3.8) is 0 Å². The third kappa shape index (κ3) is 3.92. The molecule has 0 N–H and O–H groups in total. The molecule has 0 radical (unpaired) electrons. The molecule has 0 unspecified atom stereocenters. The zero-order valence-electron chi connectivity index (χ0n) is 18.2. The Morgan fingerprint density at radius 2 is 1.78 bits per heavy atom. The first kappa shape index (κ1) is 21.8. The van der Waals surface area contributed by atoms with Crippen LogP contribution in [-0.2, 0) is 12.7 Å². The number of aromatic nitrogens is 4. The van der Waals surface area contributed by atoms with Crippen molar-refractivity contribution in [3.8, 4) is 5.69 Å². The number of fused-ring (bicyclic) bond motifs is 1. The number of hydrogen-bond donors (Lipinski definition) is 0. The van der Waals surface area contributed by atoms with Crippen molar-refractivity contribution < 1.29 is 13.2 Å². The van der Waals surface area contributed by atoms with Crippen LogP contribution in [0.5, 0.6) is 0 Å². The average Bonchev–Trinajstić information content (AvgIpc) is 3.17. The van der Waals surface area contributed by atoms with Gasteiger partial charge in [0.15, 0.2) is 0 Å². The van der Waals surface area contributed by atoms with Crippen molar-refractivity contribution >= 4 is 10.9 Å². The molecule has 5 nitrogen and oxygen atoms in total. The van der Waals surface area contributed by atoms with E-state index in [0.717, 1.165) is 28.9 Å². The van der Waals surface area contributed by atoms with Gasteiger partial charge in [0.1, 0.15) is 5.52 Å². The predicted octanol–water partition coefficient (Wildman–Crippen LogP) is 5.39. The highest BCUT2D eigenvalue weighted by molar-refractivity contribution is 5.82. The quantitative estimate of drug-likeness (QED) is 0.428. The van der Waals surface area contributed by atoms with Gasteiger partial charge in [-0.1, -0.05) is 32.0 Å². The molecule has 0 amide bonds. The molecule has 0 spiro atoms. The van der Waals surface area contributed by atoms with Gasteiger partial charge in [-0.15, -0.1) is 0 Å². The van der Waals surface area contributed by atoms with E-state index in [1.807, 2.05) is 45.9 Å². The van der Waals surface area contributed by atoms with Gasteiger partial charge in [-0.05, 0) is 60.7 Å². The third-order valence-electron chi connectivity index (χ3n) is 5.58. The lowest BCUT2D eigenvalue weighted by Gasteiger charge is -2.13. The molecule has 32 heavy (non-hydrogen) atoms. The van der Waals surface area contributed by atoms with E-state index in [4.69, 9.17) is 0 Å². The molecule has 0 aliphatic rings. The molecule has 0 aliphatic heterocycles. The van der Waals surface area contributed by atoms with Gasteiger partial charge in [-0.3, -0.25) is 4.79 Å². The maximum atomic E-state index is 13.4. The highest BCUT2D eigenvalue weighted by atomic mass is 19.4. The zero-order chi connectivity index (χ0) is 23.2. The van der Waals surface area contributed by atoms with Crippen LogP contribution in [0.25, 0.3) is 16.6 Å². The highest BCUT2D eigenvalue weighted by Crippen LogP contribution is 2.30. The molecule has 0 saturated heterocycles. The van der Waals surface area contributed by atoms with E-state index in [9.17, 15) is 18.0 Å². The van der Waals surface area contributed by atoms with E-state index < -0.39 is 17.3 Å². The van der Waals surface area contributed by atoms with Crippen LogP contribution in [0.1, 0.15) is 47.7 Å². The molecule has 0 bridgehead atoms. The van der Waals surface area contributed by atoms with E-state index in [1.165, 1.54) is 10.7 Å². The monoisotopic (exact) mass is 440 g/mol. The van der Waals surface area contributed by atoms with Gasteiger partial charge in [0.05, 0.1) is 29.7 Å². The maximum Gasteiger partial charge on any atom is 0.416 e. The largest absolute Gasteiger partial charge is 0.416 e. The molecular weight excluding hydrogens is 417 g/mol. The van der Waals surface area contributed by atoms with Crippen LogP contribution in [0, 0.1) is 13.8 Å². The minimum absolute atomic E-state index is 0.0109. The first-order valence-corrected chi connectivity index (χ1v) is 10.3. The number of benzene rings is 2. The molecule has 166 valence electrons. The molecule has 0 aliphatic carbocycles. The summed E-state index contributed by atoms with van der Waals surface area (Å²) >= 11 is 0. The summed E-state index contributed by atoms with van der Waals surface area (Å²) in [6, 6.07) is 10.8. The van der Waals surface area contributed by atoms with E-state index >= 15 is 0 Å². The Morgan fingerprint density at radius 3 is 2.44 bits per heavy atom. The Morgan fingerprint density at radius 1 is 1.03 bits per heavy atom. The normalized spacial score (nSPS) is 12.1. The molecule has 0 saturated carbocycles. The van der Waals surface area contributed by atoms with Crippen molar-refractivity contribution in [2.45, 2.75) is 46.3 Å². The average molecular weight is 440 g/mol. The van der Waals surface area contributed by atoms with Gasteiger partial charge in [-0.25, -0.2) is 9.36 Å². The number of alkyl halides is 3. The van der Waals surface area contributed by atoms with Crippen LogP contribution in [0.4, 0.5) is 13.2 Å². The van der Waals surface area contributed by atoms with Crippen LogP contribution < -0.4 is 5.56 Å². The Hall–Kier alpha value is -3.42. The fourth-order valence-electron chi connectivity index (χ4n) is 3.70. The maximum absolute atomic E-state index is 13.4. The summed E-state index contributed by atoms with van der Waals surface area (Å²) in [5, 5.41) is 9.59. The number of halogens is 3. The van der Waals surface area contributed by atoms with Crippen molar-refractivity contribution in [1.82, 2.24) is 19.6 Å². The van der Waals surface area contributed by atoms with E-state index in [-0.39, 0.29) is 12.5 Å². The van der Waals surface area contributed by atoms with E-state index in [1.54, 1.807) is 16.9 Å². The molecule has 2 aromatic heterocycles. The molecule has 2 aromatic carbocycles. The lowest BCUT2D eigenvalue weighted by Crippen LogP contribution is -2.27. The van der Waals surface area contributed by atoms with Crippen LogP contribution in [0.3, 0.4) is 0 Å². The van der Waals surface area contributed by atoms with Crippen LogP contribution in [-0.4, -0.2) is 19.6 Å². The molecule has 4 rings (SSSR count). The minimum Gasteiger partial charge on any atom is -0.265 e. The first-order chi connectivity index (χ1) is 15.1. The second-order valence-electron chi connectivity index (χ2n) is 8.29. The Balaban J connectivity index is 1.90. The summed E-state index contributed by atoms with van der Waals surface area (Å²) in [6.07, 6.45) is -2.83. The van der Waals surface area contributed by atoms with Crippen molar-refractivity contribution in [3.05, 3.63) is 87.0 Å². The van der Waals surface area contributed by atoms with Gasteiger partial charge in [0.25, 0.3) is 5.56 Å². The summed E-state index contributed by atoms with van der Waals surface area (Å²) in [5.74, 6) is -0.0109. The van der Waals surface area contributed by atoms with Crippen molar-refractivity contribution in [2.24, 2.45) is 0 Å². The smallest absolute Gasteiger partial charge is 0.265 e. The van der Waals surface area contributed by atoms with E-state index in [0.29, 0.717) is 22.2 Å². The van der Waals surface area contributed by atoms with Crippen LogP contribution >= 0.6 is 0 Å². The SMILES string of the molecule is Cc1ccc(-n2ncc3c(C(C)C)nn(Cc4cccc(C(F)(F)F)c4)c(=O)c32)cc1C. The Kier molecular flexibility index (Phi) is 5.40. The Labute approximate surface area is 183 Å². The standard InChI is InChI=1S/C24H23F3N4O/c1-14(2)21-20-12-28-31(19-9-8-15(3)16(4)10-19)22(20)23(32)30(29-21)13-17-6-5-7-18(11-17)24(25,26)27/h5-12,14H,13H2,1-4H3.